The van der Waals surface area contributed by atoms with Gasteiger partial charge in [-0.25, -0.2) is 0 Å². The number of nitrogens with one attached hydrogen (secondary N) is 1. The Bertz CT molecular complexity index is 663. The van der Waals surface area contributed by atoms with Gasteiger partial charge in [-0.15, -0.1) is 0 Å². The Morgan fingerprint density at radius 3 is 2.25 bits per heavy atom. The fourth-order valence-corrected chi connectivity index (χ4v) is 2.39. The normalized spacial score (nSPS) is 10.4. The standard InChI is InChI=1S/C14H11Cl3N2O/c1-7-4-9(15)2-3-12(7)19-14(20)8-5-10(16)13(18)11(17)6-8/h2-6H,18H2,1H3,(H,19,20). The second-order valence-electron chi connectivity index (χ2n) is 4.27. The number of carbonyl (C=O) groups excluding carboxylic acids is 1. The summed E-state index contributed by atoms with van der Waals surface area (Å²) in [6, 6.07) is 8.15. The van der Waals surface area contributed by atoms with Crippen LogP contribution in [0.5, 0.6) is 0 Å². The quantitative estimate of drug-likeness (QED) is 0.778. The molecule has 0 radical (unpaired) electrons. The lowest BCUT2D eigenvalue weighted by Gasteiger charge is -2.10. The molecule has 0 aliphatic carbocycles. The van der Waals surface area contributed by atoms with E-state index < -0.39 is 0 Å². The molecule has 0 aromatic heterocycles. The van der Waals surface area contributed by atoms with Gasteiger partial charge < -0.3 is 11.1 Å². The summed E-state index contributed by atoms with van der Waals surface area (Å²) in [5, 5.41) is 3.87. The van der Waals surface area contributed by atoms with Crippen molar-refractivity contribution in [1.29, 1.82) is 0 Å². The summed E-state index contributed by atoms with van der Waals surface area (Å²) in [7, 11) is 0. The first-order chi connectivity index (χ1) is 9.38. The Morgan fingerprint density at radius 1 is 1.10 bits per heavy atom. The number of aryl methyl sites for hydroxylation is 1. The van der Waals surface area contributed by atoms with Crippen molar-refractivity contribution in [3.05, 3.63) is 56.5 Å². The number of amides is 1. The monoisotopic (exact) mass is 328 g/mol. The molecule has 6 heteroatoms. The van der Waals surface area contributed by atoms with Gasteiger partial charge in [0.15, 0.2) is 0 Å². The van der Waals surface area contributed by atoms with Crippen LogP contribution in [-0.4, -0.2) is 5.91 Å². The molecule has 0 spiro atoms. The van der Waals surface area contributed by atoms with Crippen LogP contribution < -0.4 is 11.1 Å². The summed E-state index contributed by atoms with van der Waals surface area (Å²) in [5.74, 6) is -0.320. The van der Waals surface area contributed by atoms with Crippen LogP contribution in [0.2, 0.25) is 15.1 Å². The summed E-state index contributed by atoms with van der Waals surface area (Å²) < 4.78 is 0. The summed E-state index contributed by atoms with van der Waals surface area (Å²) in [5.41, 5.74) is 7.76. The van der Waals surface area contributed by atoms with E-state index in [9.17, 15) is 4.79 Å². The SMILES string of the molecule is Cc1cc(Cl)ccc1NC(=O)c1cc(Cl)c(N)c(Cl)c1. The van der Waals surface area contributed by atoms with E-state index in [1.54, 1.807) is 18.2 Å². The molecule has 2 aromatic rings. The van der Waals surface area contributed by atoms with Gasteiger partial charge in [0.1, 0.15) is 0 Å². The molecule has 0 saturated heterocycles. The molecule has 104 valence electrons. The number of nitrogens with two attached hydrogens (primary N) is 1. The highest BCUT2D eigenvalue weighted by molar-refractivity contribution is 6.39. The first-order valence-corrected chi connectivity index (χ1v) is 6.84. The highest BCUT2D eigenvalue weighted by Gasteiger charge is 2.12. The third-order valence-corrected chi connectivity index (χ3v) is 3.64. The van der Waals surface area contributed by atoms with E-state index in [4.69, 9.17) is 40.5 Å². The molecule has 0 aliphatic rings. The van der Waals surface area contributed by atoms with E-state index in [-0.39, 0.29) is 21.6 Å². The highest BCUT2D eigenvalue weighted by Crippen LogP contribution is 2.29. The molecule has 0 unspecified atom stereocenters. The molecule has 3 N–H and O–H groups in total. The Hall–Kier alpha value is -1.42. The maximum Gasteiger partial charge on any atom is 0.255 e. The summed E-state index contributed by atoms with van der Waals surface area (Å²) in [4.78, 5) is 12.2. The molecule has 0 aliphatic heterocycles. The first-order valence-electron chi connectivity index (χ1n) is 5.70. The van der Waals surface area contributed by atoms with Gasteiger partial charge in [0, 0.05) is 16.3 Å². The molecule has 0 atom stereocenters. The molecule has 2 aromatic carbocycles. The van der Waals surface area contributed by atoms with E-state index >= 15 is 0 Å². The predicted molar refractivity (Wildman–Crippen MR) is 85.0 cm³/mol. The zero-order chi connectivity index (χ0) is 14.9. The lowest BCUT2D eigenvalue weighted by molar-refractivity contribution is 0.102. The van der Waals surface area contributed by atoms with Crippen LogP contribution in [0.25, 0.3) is 0 Å². The van der Waals surface area contributed by atoms with Gasteiger partial charge in [-0.05, 0) is 42.8 Å². The molecule has 0 fully saturated rings. The lowest BCUT2D eigenvalue weighted by atomic mass is 10.1. The van der Waals surface area contributed by atoms with Crippen LogP contribution in [0, 0.1) is 6.92 Å². The molecule has 3 nitrogen and oxygen atoms in total. The Labute approximate surface area is 131 Å². The topological polar surface area (TPSA) is 55.1 Å². The zero-order valence-electron chi connectivity index (χ0n) is 10.5. The van der Waals surface area contributed by atoms with Crippen LogP contribution >= 0.6 is 34.8 Å². The van der Waals surface area contributed by atoms with Gasteiger partial charge >= 0.3 is 0 Å². The maximum atomic E-state index is 12.2. The Kier molecular flexibility index (Phi) is 4.43. The van der Waals surface area contributed by atoms with Crippen molar-refractivity contribution in [2.24, 2.45) is 0 Å². The number of nitrogen functional groups attached to an aromatic ring is 1. The van der Waals surface area contributed by atoms with Crippen molar-refractivity contribution < 1.29 is 4.79 Å². The van der Waals surface area contributed by atoms with Gasteiger partial charge in [0.25, 0.3) is 5.91 Å². The van der Waals surface area contributed by atoms with Crippen molar-refractivity contribution in [3.63, 3.8) is 0 Å². The largest absolute Gasteiger partial charge is 0.396 e. The molecule has 0 saturated carbocycles. The number of hydrogen-bond acceptors (Lipinski definition) is 2. The number of halogens is 3. The summed E-state index contributed by atoms with van der Waals surface area (Å²) >= 11 is 17.7. The number of carbonyl (C=O) groups is 1. The zero-order valence-corrected chi connectivity index (χ0v) is 12.8. The summed E-state index contributed by atoms with van der Waals surface area (Å²) in [6.45, 7) is 1.85. The second kappa shape index (κ2) is 5.92. The number of benzene rings is 2. The van der Waals surface area contributed by atoms with E-state index in [0.29, 0.717) is 16.3 Å². The van der Waals surface area contributed by atoms with Crippen LogP contribution in [-0.2, 0) is 0 Å². The maximum absolute atomic E-state index is 12.2. The molecule has 2 rings (SSSR count). The Balaban J connectivity index is 2.28. The van der Waals surface area contributed by atoms with Gasteiger partial charge in [0.05, 0.1) is 15.7 Å². The minimum absolute atomic E-state index is 0.246. The number of rotatable bonds is 2. The average molecular weight is 330 g/mol. The first kappa shape index (κ1) is 15.0. The van der Waals surface area contributed by atoms with Crippen molar-refractivity contribution in [2.45, 2.75) is 6.92 Å². The van der Waals surface area contributed by atoms with Crippen molar-refractivity contribution in [1.82, 2.24) is 0 Å². The third-order valence-electron chi connectivity index (χ3n) is 2.78. The van der Waals surface area contributed by atoms with Crippen molar-refractivity contribution >= 4 is 52.1 Å². The fraction of sp³-hybridized carbons (Fsp3) is 0.0714. The van der Waals surface area contributed by atoms with Crippen LogP contribution in [0.15, 0.2) is 30.3 Å². The van der Waals surface area contributed by atoms with Crippen molar-refractivity contribution in [3.8, 4) is 0 Å². The fourth-order valence-electron chi connectivity index (χ4n) is 1.68. The highest BCUT2D eigenvalue weighted by atomic mass is 35.5. The van der Waals surface area contributed by atoms with E-state index in [1.807, 2.05) is 6.92 Å². The van der Waals surface area contributed by atoms with Crippen molar-refractivity contribution in [2.75, 3.05) is 11.1 Å². The number of anilines is 2. The minimum Gasteiger partial charge on any atom is -0.396 e. The third kappa shape index (κ3) is 3.18. The van der Waals surface area contributed by atoms with Gasteiger partial charge in [-0.2, -0.15) is 0 Å². The van der Waals surface area contributed by atoms with Crippen LogP contribution in [0.1, 0.15) is 15.9 Å². The van der Waals surface area contributed by atoms with Gasteiger partial charge in [-0.1, -0.05) is 34.8 Å². The Morgan fingerprint density at radius 2 is 1.70 bits per heavy atom. The molecular weight excluding hydrogens is 319 g/mol. The molecule has 0 heterocycles. The van der Waals surface area contributed by atoms with E-state index in [1.165, 1.54) is 12.1 Å². The molecule has 20 heavy (non-hydrogen) atoms. The molecular formula is C14H11Cl3N2O. The second-order valence-corrected chi connectivity index (χ2v) is 5.52. The van der Waals surface area contributed by atoms with Gasteiger partial charge in [-0.3, -0.25) is 4.79 Å². The average Bonchev–Trinajstić information content (AvgIpc) is 2.38. The summed E-state index contributed by atoms with van der Waals surface area (Å²) in [6.07, 6.45) is 0. The minimum atomic E-state index is -0.320. The van der Waals surface area contributed by atoms with Crippen LogP contribution in [0.3, 0.4) is 0 Å². The number of hydrogen-bond donors (Lipinski definition) is 2. The van der Waals surface area contributed by atoms with E-state index in [0.717, 1.165) is 5.56 Å². The van der Waals surface area contributed by atoms with Crippen LogP contribution in [0.4, 0.5) is 11.4 Å². The molecule has 1 amide bonds. The molecule has 0 bridgehead atoms. The van der Waals surface area contributed by atoms with Gasteiger partial charge in [0.2, 0.25) is 0 Å². The lowest BCUT2D eigenvalue weighted by Crippen LogP contribution is -2.13. The van der Waals surface area contributed by atoms with E-state index in [2.05, 4.69) is 5.32 Å². The predicted octanol–water partition coefficient (Wildman–Crippen LogP) is 4.79. The smallest absolute Gasteiger partial charge is 0.255 e.